The number of hydrogen-bond donors (Lipinski definition) is 1. The van der Waals surface area contributed by atoms with Gasteiger partial charge in [0.2, 0.25) is 6.04 Å². The Kier molecular flexibility index (Phi) is 4.31. The van der Waals surface area contributed by atoms with E-state index in [1.807, 2.05) is 0 Å². The molecule has 7 heteroatoms. The number of rotatable bonds is 3. The summed E-state index contributed by atoms with van der Waals surface area (Å²) in [6.07, 6.45) is 0.0477. The fourth-order valence-corrected chi connectivity index (χ4v) is 5.11. The van der Waals surface area contributed by atoms with Crippen LogP contribution < -0.4 is 4.74 Å². The van der Waals surface area contributed by atoms with Crippen LogP contribution in [0.1, 0.15) is 52.0 Å². The van der Waals surface area contributed by atoms with Crippen molar-refractivity contribution < 1.29 is 24.4 Å². The Morgan fingerprint density at radius 1 is 1.07 bits per heavy atom. The summed E-state index contributed by atoms with van der Waals surface area (Å²) in [5.41, 5.74) is -2.79. The van der Waals surface area contributed by atoms with Crippen LogP contribution in [0.3, 0.4) is 0 Å². The molecular weight excluding hydrogens is 374 g/mol. The molecule has 7 nitrogen and oxygen atoms in total. The molecule has 1 saturated carbocycles. The molecule has 0 aromatic heterocycles. The summed E-state index contributed by atoms with van der Waals surface area (Å²) in [4.78, 5) is 38.8. The number of ether oxygens (including phenoxy) is 1. The van der Waals surface area contributed by atoms with Crippen LogP contribution in [0.5, 0.6) is 5.75 Å². The Morgan fingerprint density at radius 3 is 2.10 bits per heavy atom. The number of ketones is 2. The molecule has 0 saturated heterocycles. The molecule has 0 unspecified atom stereocenters. The molecule has 0 aliphatic heterocycles. The van der Waals surface area contributed by atoms with E-state index >= 15 is 0 Å². The standard InChI is InChI=1S/C22H21NO6/c1-21(26)12-11-17(23(27)28)18(13-7-9-14(29-2)10-8-13)22(21)19(24)15-5-3-4-6-16(15)20(22)25/h3-10,17-18,26H,11-12H2,1-2H3/t17-,18+,21+/m1/s1. The third-order valence-corrected chi connectivity index (χ3v) is 6.51. The Morgan fingerprint density at radius 2 is 1.62 bits per heavy atom. The zero-order valence-electron chi connectivity index (χ0n) is 16.1. The number of nitrogens with zero attached hydrogens (tertiary/aromatic N) is 1. The predicted octanol–water partition coefficient (Wildman–Crippen LogP) is 3.03. The van der Waals surface area contributed by atoms with Crippen molar-refractivity contribution in [3.63, 3.8) is 0 Å². The molecule has 3 atom stereocenters. The zero-order valence-corrected chi connectivity index (χ0v) is 16.1. The van der Waals surface area contributed by atoms with Crippen LogP contribution in [-0.2, 0) is 0 Å². The van der Waals surface area contributed by atoms with Gasteiger partial charge in [0.25, 0.3) is 0 Å². The molecule has 2 aromatic rings. The summed E-state index contributed by atoms with van der Waals surface area (Å²) >= 11 is 0. The SMILES string of the molecule is COc1ccc([C@H]2[C@H]([N+](=O)[O-])CC[C@](C)(O)C23C(=O)c2ccccc2C3=O)cc1. The molecule has 29 heavy (non-hydrogen) atoms. The highest BCUT2D eigenvalue weighted by Crippen LogP contribution is 2.59. The van der Waals surface area contributed by atoms with Crippen molar-refractivity contribution in [3.05, 3.63) is 75.3 Å². The number of nitro groups is 1. The molecule has 0 bridgehead atoms. The van der Waals surface area contributed by atoms with Crippen LogP contribution in [0.25, 0.3) is 0 Å². The van der Waals surface area contributed by atoms with Gasteiger partial charge < -0.3 is 9.84 Å². The van der Waals surface area contributed by atoms with E-state index in [4.69, 9.17) is 4.74 Å². The Hall–Kier alpha value is -3.06. The van der Waals surface area contributed by atoms with E-state index in [1.165, 1.54) is 14.0 Å². The van der Waals surface area contributed by atoms with Gasteiger partial charge in [-0.05, 0) is 31.0 Å². The Bertz CT molecular complexity index is 975. The second-order valence-corrected chi connectivity index (χ2v) is 7.93. The van der Waals surface area contributed by atoms with Gasteiger partial charge in [-0.3, -0.25) is 19.7 Å². The summed E-state index contributed by atoms with van der Waals surface area (Å²) in [6, 6.07) is 11.7. The van der Waals surface area contributed by atoms with Crippen LogP contribution in [0.2, 0.25) is 0 Å². The quantitative estimate of drug-likeness (QED) is 0.486. The minimum Gasteiger partial charge on any atom is -0.497 e. The van der Waals surface area contributed by atoms with E-state index in [0.717, 1.165) is 0 Å². The van der Waals surface area contributed by atoms with E-state index in [1.54, 1.807) is 48.5 Å². The molecule has 2 aliphatic carbocycles. The number of hydrogen-bond acceptors (Lipinski definition) is 6. The van der Waals surface area contributed by atoms with Gasteiger partial charge in [0.05, 0.1) is 18.6 Å². The molecule has 2 aliphatic rings. The largest absolute Gasteiger partial charge is 0.497 e. The van der Waals surface area contributed by atoms with Crippen molar-refractivity contribution >= 4 is 11.6 Å². The number of Topliss-reactive ketones (excluding diaryl/α,β-unsaturated/α-hetero) is 2. The number of methoxy groups -OCH3 is 1. The molecular formula is C22H21NO6. The first-order valence-corrected chi connectivity index (χ1v) is 9.44. The number of carbonyl (C=O) groups excluding carboxylic acids is 2. The summed E-state index contributed by atoms with van der Waals surface area (Å²) in [6.45, 7) is 1.45. The van der Waals surface area contributed by atoms with E-state index in [9.17, 15) is 24.8 Å². The Labute approximate surface area is 167 Å². The summed E-state index contributed by atoms with van der Waals surface area (Å²) in [5.74, 6) is -1.64. The first kappa shape index (κ1) is 19.3. The lowest BCUT2D eigenvalue weighted by Gasteiger charge is -2.49. The lowest BCUT2D eigenvalue weighted by atomic mass is 9.52. The zero-order chi connectivity index (χ0) is 21.0. The lowest BCUT2D eigenvalue weighted by Crippen LogP contribution is -2.63. The molecule has 0 radical (unpaired) electrons. The number of fused-ring (bicyclic) bond motifs is 1. The van der Waals surface area contributed by atoms with Gasteiger partial charge in [0.15, 0.2) is 11.6 Å². The third-order valence-electron chi connectivity index (χ3n) is 6.51. The highest BCUT2D eigenvalue weighted by molar-refractivity contribution is 6.31. The number of carbonyl (C=O) groups is 2. The van der Waals surface area contributed by atoms with Gasteiger partial charge >= 0.3 is 0 Å². The smallest absolute Gasteiger partial charge is 0.221 e. The van der Waals surface area contributed by atoms with Gasteiger partial charge in [-0.25, -0.2) is 0 Å². The predicted molar refractivity (Wildman–Crippen MR) is 104 cm³/mol. The highest BCUT2D eigenvalue weighted by atomic mass is 16.6. The number of aliphatic hydroxyl groups is 1. The maximum Gasteiger partial charge on any atom is 0.221 e. The van der Waals surface area contributed by atoms with Crippen LogP contribution in [0.4, 0.5) is 0 Å². The van der Waals surface area contributed by atoms with Crippen LogP contribution in [0, 0.1) is 15.5 Å². The lowest BCUT2D eigenvalue weighted by molar-refractivity contribution is -0.535. The maximum atomic E-state index is 13.6. The van der Waals surface area contributed by atoms with E-state index < -0.39 is 39.5 Å². The molecule has 0 amide bonds. The molecule has 1 fully saturated rings. The highest BCUT2D eigenvalue weighted by Gasteiger charge is 2.72. The van der Waals surface area contributed by atoms with Crippen molar-refractivity contribution in [2.24, 2.45) is 5.41 Å². The van der Waals surface area contributed by atoms with E-state index in [0.29, 0.717) is 11.3 Å². The minimum atomic E-state index is -1.94. The van der Waals surface area contributed by atoms with E-state index in [2.05, 4.69) is 0 Å². The van der Waals surface area contributed by atoms with Gasteiger partial charge in [0.1, 0.15) is 11.2 Å². The topological polar surface area (TPSA) is 107 Å². The normalized spacial score (nSPS) is 27.7. The first-order chi connectivity index (χ1) is 13.8. The molecule has 2 aromatic carbocycles. The van der Waals surface area contributed by atoms with Gasteiger partial charge in [-0.15, -0.1) is 0 Å². The molecule has 4 rings (SSSR count). The van der Waals surface area contributed by atoms with Crippen LogP contribution in [-0.4, -0.2) is 40.3 Å². The Balaban J connectivity index is 2.00. The summed E-state index contributed by atoms with van der Waals surface area (Å²) in [7, 11) is 1.50. The van der Waals surface area contributed by atoms with Crippen molar-refractivity contribution in [1.29, 1.82) is 0 Å². The molecule has 1 N–H and O–H groups in total. The second-order valence-electron chi connectivity index (χ2n) is 7.93. The monoisotopic (exact) mass is 395 g/mol. The average molecular weight is 395 g/mol. The molecule has 0 heterocycles. The van der Waals surface area contributed by atoms with Crippen LogP contribution >= 0.6 is 0 Å². The van der Waals surface area contributed by atoms with Crippen molar-refractivity contribution in [2.45, 2.75) is 37.3 Å². The second kappa shape index (κ2) is 6.49. The number of benzene rings is 2. The van der Waals surface area contributed by atoms with Crippen molar-refractivity contribution in [2.75, 3.05) is 7.11 Å². The first-order valence-electron chi connectivity index (χ1n) is 9.44. The van der Waals surface area contributed by atoms with E-state index in [-0.39, 0.29) is 24.0 Å². The van der Waals surface area contributed by atoms with Crippen molar-refractivity contribution in [3.8, 4) is 5.75 Å². The van der Waals surface area contributed by atoms with Crippen LogP contribution in [0.15, 0.2) is 48.5 Å². The average Bonchev–Trinajstić information content (AvgIpc) is 2.93. The minimum absolute atomic E-state index is 0.0171. The fourth-order valence-electron chi connectivity index (χ4n) is 5.11. The maximum absolute atomic E-state index is 13.6. The third kappa shape index (κ3) is 2.47. The summed E-state index contributed by atoms with van der Waals surface area (Å²) < 4.78 is 5.16. The fraction of sp³-hybridized carbons (Fsp3) is 0.364. The summed E-state index contributed by atoms with van der Waals surface area (Å²) in [5, 5.41) is 23.4. The van der Waals surface area contributed by atoms with Gasteiger partial charge in [-0.2, -0.15) is 0 Å². The molecule has 1 spiro atoms. The van der Waals surface area contributed by atoms with Crippen molar-refractivity contribution in [1.82, 2.24) is 0 Å². The van der Waals surface area contributed by atoms with Gasteiger partial charge in [0, 0.05) is 22.5 Å². The molecule has 150 valence electrons. The van der Waals surface area contributed by atoms with Gasteiger partial charge in [-0.1, -0.05) is 36.4 Å².